The van der Waals surface area contributed by atoms with Crippen LogP contribution in [0.25, 0.3) is 0 Å². The van der Waals surface area contributed by atoms with E-state index in [0.717, 1.165) is 51.1 Å². The molecule has 1 aliphatic carbocycles. The number of nitrogens with zero attached hydrogens (tertiary/aromatic N) is 3. The molecule has 2 amide bonds. The molecule has 2 saturated heterocycles. The van der Waals surface area contributed by atoms with Crippen LogP contribution in [0.3, 0.4) is 0 Å². The number of hydrogen-bond acceptors (Lipinski definition) is 3. The van der Waals surface area contributed by atoms with Gasteiger partial charge in [0.2, 0.25) is 0 Å². The number of carbonyl (C=O) groups is 1. The Morgan fingerprint density at radius 1 is 1.05 bits per heavy atom. The highest BCUT2D eigenvalue weighted by Crippen LogP contribution is 2.29. The molecule has 2 aliphatic heterocycles. The maximum Gasteiger partial charge on any atom is 0.317 e. The fraction of sp³-hybridized carbons (Fsp3) is 0.941. The molecule has 0 aromatic rings. The van der Waals surface area contributed by atoms with E-state index in [0.29, 0.717) is 0 Å². The van der Waals surface area contributed by atoms with Gasteiger partial charge in [0.15, 0.2) is 0 Å². The van der Waals surface area contributed by atoms with Crippen LogP contribution in [-0.2, 0) is 0 Å². The van der Waals surface area contributed by atoms with Crippen molar-refractivity contribution in [1.82, 2.24) is 20.0 Å². The topological polar surface area (TPSA) is 38.8 Å². The van der Waals surface area contributed by atoms with Crippen molar-refractivity contribution in [2.45, 2.75) is 32.6 Å². The highest BCUT2D eigenvalue weighted by molar-refractivity contribution is 5.74. The van der Waals surface area contributed by atoms with Crippen LogP contribution in [-0.4, -0.2) is 79.6 Å². The largest absolute Gasteiger partial charge is 0.337 e. The van der Waals surface area contributed by atoms with Gasteiger partial charge in [-0.2, -0.15) is 0 Å². The van der Waals surface area contributed by atoms with Crippen molar-refractivity contribution in [3.8, 4) is 0 Å². The summed E-state index contributed by atoms with van der Waals surface area (Å²) < 4.78 is 0. The third-order valence-electron chi connectivity index (χ3n) is 5.32. The molecule has 1 atom stereocenters. The van der Waals surface area contributed by atoms with E-state index < -0.39 is 0 Å². The standard InChI is InChI=1S/C17H32N4O/c1-15-3-2-7-19(13-15)8-6-18-17(22)21-11-9-20(10-12-21)14-16-4-5-16/h15-16H,2-14H2,1H3,(H,18,22). The molecular weight excluding hydrogens is 276 g/mol. The molecule has 1 saturated carbocycles. The number of carbonyl (C=O) groups excluding carboxylic acids is 1. The van der Waals surface area contributed by atoms with Gasteiger partial charge in [0.05, 0.1) is 0 Å². The molecule has 0 aromatic heterocycles. The average molecular weight is 308 g/mol. The Bertz CT molecular complexity index is 364. The molecule has 22 heavy (non-hydrogen) atoms. The van der Waals surface area contributed by atoms with E-state index in [1.165, 1.54) is 45.3 Å². The fourth-order valence-corrected chi connectivity index (χ4v) is 3.72. The maximum absolute atomic E-state index is 12.2. The summed E-state index contributed by atoms with van der Waals surface area (Å²) >= 11 is 0. The molecule has 5 nitrogen and oxygen atoms in total. The lowest BCUT2D eigenvalue weighted by atomic mass is 10.0. The van der Waals surface area contributed by atoms with Gasteiger partial charge in [0.1, 0.15) is 0 Å². The van der Waals surface area contributed by atoms with Crippen LogP contribution in [0, 0.1) is 11.8 Å². The molecule has 3 rings (SSSR count). The van der Waals surface area contributed by atoms with E-state index in [2.05, 4.69) is 22.0 Å². The van der Waals surface area contributed by atoms with E-state index in [4.69, 9.17) is 0 Å². The smallest absolute Gasteiger partial charge is 0.317 e. The van der Waals surface area contributed by atoms with Gasteiger partial charge in [0, 0.05) is 52.4 Å². The summed E-state index contributed by atoms with van der Waals surface area (Å²) in [4.78, 5) is 19.2. The number of urea groups is 1. The third-order valence-corrected chi connectivity index (χ3v) is 5.32. The summed E-state index contributed by atoms with van der Waals surface area (Å²) in [5, 5.41) is 3.11. The van der Waals surface area contributed by atoms with E-state index in [1.54, 1.807) is 0 Å². The number of piperidine rings is 1. The van der Waals surface area contributed by atoms with Gasteiger partial charge in [0.25, 0.3) is 0 Å². The quantitative estimate of drug-likeness (QED) is 0.836. The van der Waals surface area contributed by atoms with E-state index >= 15 is 0 Å². The summed E-state index contributed by atoms with van der Waals surface area (Å²) in [5.74, 6) is 1.76. The number of piperazine rings is 1. The molecule has 1 N–H and O–H groups in total. The highest BCUT2D eigenvalue weighted by atomic mass is 16.2. The van der Waals surface area contributed by atoms with Crippen molar-refractivity contribution in [3.05, 3.63) is 0 Å². The van der Waals surface area contributed by atoms with Crippen LogP contribution in [0.15, 0.2) is 0 Å². The zero-order valence-corrected chi connectivity index (χ0v) is 14.1. The second-order valence-corrected chi connectivity index (χ2v) is 7.51. The minimum atomic E-state index is 0.135. The number of hydrogen-bond donors (Lipinski definition) is 1. The predicted octanol–water partition coefficient (Wildman–Crippen LogP) is 1.46. The van der Waals surface area contributed by atoms with Gasteiger partial charge in [-0.15, -0.1) is 0 Å². The molecule has 3 fully saturated rings. The SMILES string of the molecule is CC1CCCN(CCNC(=O)N2CCN(CC3CC3)CC2)C1. The molecule has 3 aliphatic rings. The van der Waals surface area contributed by atoms with Crippen molar-refractivity contribution in [1.29, 1.82) is 0 Å². The van der Waals surface area contributed by atoms with E-state index in [1.807, 2.05) is 4.90 Å². The number of likely N-dealkylation sites (tertiary alicyclic amines) is 1. The Labute approximate surface area is 135 Å². The Hall–Kier alpha value is -0.810. The molecular formula is C17H32N4O. The fourth-order valence-electron chi connectivity index (χ4n) is 3.72. The second-order valence-electron chi connectivity index (χ2n) is 7.51. The lowest BCUT2D eigenvalue weighted by Crippen LogP contribution is -2.53. The van der Waals surface area contributed by atoms with Gasteiger partial charge in [-0.3, -0.25) is 4.90 Å². The Balaban J connectivity index is 1.29. The molecule has 0 aromatic carbocycles. The first kappa shape index (κ1) is 16.1. The summed E-state index contributed by atoms with van der Waals surface area (Å²) in [7, 11) is 0. The predicted molar refractivity (Wildman–Crippen MR) is 89.0 cm³/mol. The second kappa shape index (κ2) is 7.64. The van der Waals surface area contributed by atoms with Crippen molar-refractivity contribution >= 4 is 6.03 Å². The van der Waals surface area contributed by atoms with Gasteiger partial charge in [-0.05, 0) is 44.1 Å². The lowest BCUT2D eigenvalue weighted by Gasteiger charge is -2.35. The van der Waals surface area contributed by atoms with Crippen LogP contribution in [0.5, 0.6) is 0 Å². The maximum atomic E-state index is 12.2. The minimum absolute atomic E-state index is 0.135. The molecule has 0 bridgehead atoms. The Morgan fingerprint density at radius 3 is 2.50 bits per heavy atom. The zero-order valence-electron chi connectivity index (χ0n) is 14.1. The van der Waals surface area contributed by atoms with E-state index in [9.17, 15) is 4.79 Å². The summed E-state index contributed by atoms with van der Waals surface area (Å²) in [5.41, 5.74) is 0. The number of nitrogens with one attached hydrogen (secondary N) is 1. The van der Waals surface area contributed by atoms with Gasteiger partial charge in [-0.1, -0.05) is 6.92 Å². The first-order valence-corrected chi connectivity index (χ1v) is 9.18. The molecule has 1 unspecified atom stereocenters. The molecule has 2 heterocycles. The summed E-state index contributed by atoms with van der Waals surface area (Å²) in [6, 6.07) is 0.135. The monoisotopic (exact) mass is 308 g/mol. The number of amides is 2. The van der Waals surface area contributed by atoms with Crippen molar-refractivity contribution in [2.75, 3.05) is 58.9 Å². The highest BCUT2D eigenvalue weighted by Gasteiger charge is 2.27. The average Bonchev–Trinajstić information content (AvgIpc) is 3.32. The zero-order chi connectivity index (χ0) is 15.4. The number of rotatable bonds is 5. The summed E-state index contributed by atoms with van der Waals surface area (Å²) in [6.45, 7) is 11.6. The van der Waals surface area contributed by atoms with Crippen LogP contribution in [0.1, 0.15) is 32.6 Å². The van der Waals surface area contributed by atoms with Crippen molar-refractivity contribution in [2.24, 2.45) is 11.8 Å². The molecule has 0 radical (unpaired) electrons. The van der Waals surface area contributed by atoms with Crippen LogP contribution < -0.4 is 5.32 Å². The van der Waals surface area contributed by atoms with Crippen molar-refractivity contribution < 1.29 is 4.79 Å². The molecule has 0 spiro atoms. The van der Waals surface area contributed by atoms with Gasteiger partial charge in [-0.25, -0.2) is 4.79 Å². The Morgan fingerprint density at radius 2 is 1.82 bits per heavy atom. The third kappa shape index (κ3) is 4.85. The van der Waals surface area contributed by atoms with Crippen LogP contribution in [0.4, 0.5) is 4.79 Å². The van der Waals surface area contributed by atoms with Gasteiger partial charge >= 0.3 is 6.03 Å². The van der Waals surface area contributed by atoms with E-state index in [-0.39, 0.29) is 6.03 Å². The Kier molecular flexibility index (Phi) is 5.58. The summed E-state index contributed by atoms with van der Waals surface area (Å²) in [6.07, 6.45) is 5.48. The lowest BCUT2D eigenvalue weighted by molar-refractivity contribution is 0.134. The first-order chi connectivity index (χ1) is 10.7. The first-order valence-electron chi connectivity index (χ1n) is 9.18. The normalized spacial score (nSPS) is 27.9. The van der Waals surface area contributed by atoms with Crippen LogP contribution >= 0.6 is 0 Å². The van der Waals surface area contributed by atoms with Crippen LogP contribution in [0.2, 0.25) is 0 Å². The molecule has 126 valence electrons. The van der Waals surface area contributed by atoms with Crippen molar-refractivity contribution in [3.63, 3.8) is 0 Å². The minimum Gasteiger partial charge on any atom is -0.337 e. The molecule has 5 heteroatoms. The van der Waals surface area contributed by atoms with Gasteiger partial charge < -0.3 is 15.1 Å².